The molecule has 0 saturated heterocycles. The van der Waals surface area contributed by atoms with Gasteiger partial charge in [0.25, 0.3) is 0 Å². The molecule has 1 aliphatic heterocycles. The zero-order valence-electron chi connectivity index (χ0n) is 12.8. The van der Waals surface area contributed by atoms with Crippen molar-refractivity contribution in [1.29, 1.82) is 0 Å². The van der Waals surface area contributed by atoms with E-state index in [1.807, 2.05) is 0 Å². The lowest BCUT2D eigenvalue weighted by Gasteiger charge is -2.12. The second kappa shape index (κ2) is 7.10. The van der Waals surface area contributed by atoms with Crippen molar-refractivity contribution in [3.05, 3.63) is 38.8 Å². The van der Waals surface area contributed by atoms with Crippen molar-refractivity contribution in [2.75, 3.05) is 0 Å². The van der Waals surface area contributed by atoms with E-state index in [9.17, 15) is 9.59 Å². The maximum atomic E-state index is 12.6. The van der Waals surface area contributed by atoms with Crippen LogP contribution >= 0.6 is 23.5 Å². The second-order valence-corrected chi connectivity index (χ2v) is 7.07. The molecule has 24 heavy (non-hydrogen) atoms. The van der Waals surface area contributed by atoms with Crippen LogP contribution in [0.1, 0.15) is 13.8 Å². The fourth-order valence-electron chi connectivity index (χ4n) is 1.93. The highest BCUT2D eigenvalue weighted by Gasteiger charge is 2.29. The molecule has 0 radical (unpaired) electrons. The van der Waals surface area contributed by atoms with Gasteiger partial charge in [0.05, 0.1) is 15.9 Å². The standard InChI is InChI=1S/C15H13N3O4S2/c1-8(2)21-13(19)11(15-23-6-7-24-15)14(20)22-10-5-3-4-9-12(10)17-18-16-9/h3-8H,1-2H3,(H,16,17,18). The van der Waals surface area contributed by atoms with E-state index < -0.39 is 11.9 Å². The molecule has 0 atom stereocenters. The number of H-pyrrole nitrogens is 1. The number of rotatable bonds is 4. The summed E-state index contributed by atoms with van der Waals surface area (Å²) in [6, 6.07) is 5.04. The first-order valence-electron chi connectivity index (χ1n) is 7.02. The van der Waals surface area contributed by atoms with Crippen molar-refractivity contribution in [2.24, 2.45) is 0 Å². The number of aromatic amines is 1. The Bertz CT molecular complexity index is 847. The molecule has 0 spiro atoms. The van der Waals surface area contributed by atoms with E-state index in [1.54, 1.807) is 42.9 Å². The van der Waals surface area contributed by atoms with Gasteiger partial charge in [0.15, 0.2) is 16.8 Å². The third-order valence-corrected chi connectivity index (χ3v) is 5.01. The van der Waals surface area contributed by atoms with Crippen LogP contribution in [0.25, 0.3) is 11.0 Å². The van der Waals surface area contributed by atoms with Crippen LogP contribution in [0.15, 0.2) is 38.8 Å². The summed E-state index contributed by atoms with van der Waals surface area (Å²) in [6.07, 6.45) is -0.343. The third-order valence-electron chi connectivity index (χ3n) is 2.88. The largest absolute Gasteiger partial charge is 0.459 e. The average molecular weight is 363 g/mol. The molecule has 2 aromatic rings. The second-order valence-electron chi connectivity index (χ2n) is 4.98. The first-order chi connectivity index (χ1) is 11.6. The van der Waals surface area contributed by atoms with Crippen molar-refractivity contribution < 1.29 is 19.1 Å². The molecular formula is C15H13N3O4S2. The molecule has 0 amide bonds. The zero-order chi connectivity index (χ0) is 17.1. The summed E-state index contributed by atoms with van der Waals surface area (Å²) in [4.78, 5) is 24.9. The zero-order valence-corrected chi connectivity index (χ0v) is 14.4. The molecule has 2 heterocycles. The Kier molecular flexibility index (Phi) is 4.91. The number of benzene rings is 1. The molecule has 0 fully saturated rings. The number of carbonyl (C=O) groups is 2. The number of fused-ring (bicyclic) bond motifs is 1. The number of nitrogens with one attached hydrogen (secondary N) is 1. The Morgan fingerprint density at radius 3 is 2.62 bits per heavy atom. The number of hydrogen-bond donors (Lipinski definition) is 1. The summed E-state index contributed by atoms with van der Waals surface area (Å²) in [7, 11) is 0. The van der Waals surface area contributed by atoms with Crippen LogP contribution < -0.4 is 4.74 Å². The van der Waals surface area contributed by atoms with E-state index >= 15 is 0 Å². The molecule has 1 aliphatic rings. The highest BCUT2D eigenvalue weighted by molar-refractivity contribution is 8.27. The predicted molar refractivity (Wildman–Crippen MR) is 92.1 cm³/mol. The lowest BCUT2D eigenvalue weighted by atomic mass is 10.2. The van der Waals surface area contributed by atoms with Crippen LogP contribution in [0, 0.1) is 0 Å². The van der Waals surface area contributed by atoms with E-state index in [0.29, 0.717) is 15.3 Å². The number of nitrogens with zero attached hydrogens (tertiary/aromatic N) is 2. The highest BCUT2D eigenvalue weighted by atomic mass is 32.2. The van der Waals surface area contributed by atoms with Gasteiger partial charge in [-0.2, -0.15) is 0 Å². The van der Waals surface area contributed by atoms with Crippen molar-refractivity contribution in [3.63, 3.8) is 0 Å². The average Bonchev–Trinajstić information content (AvgIpc) is 3.18. The Balaban J connectivity index is 1.91. The van der Waals surface area contributed by atoms with Gasteiger partial charge in [-0.15, -0.1) is 5.10 Å². The van der Waals surface area contributed by atoms with Crippen LogP contribution in [-0.4, -0.2) is 33.5 Å². The van der Waals surface area contributed by atoms with Gasteiger partial charge in [-0.3, -0.25) is 5.10 Å². The number of esters is 2. The summed E-state index contributed by atoms with van der Waals surface area (Å²) in [6.45, 7) is 3.43. The molecule has 0 saturated carbocycles. The fraction of sp³-hybridized carbons (Fsp3) is 0.200. The van der Waals surface area contributed by atoms with E-state index in [1.165, 1.54) is 23.5 Å². The number of ether oxygens (including phenoxy) is 2. The summed E-state index contributed by atoms with van der Waals surface area (Å²) in [5.74, 6) is -1.27. The summed E-state index contributed by atoms with van der Waals surface area (Å²) >= 11 is 2.55. The van der Waals surface area contributed by atoms with Crippen LogP contribution in [-0.2, 0) is 14.3 Å². The molecule has 0 aliphatic carbocycles. The van der Waals surface area contributed by atoms with Gasteiger partial charge in [-0.05, 0) is 36.8 Å². The highest BCUT2D eigenvalue weighted by Crippen LogP contribution is 2.40. The van der Waals surface area contributed by atoms with Crippen LogP contribution in [0.2, 0.25) is 0 Å². The van der Waals surface area contributed by atoms with Crippen molar-refractivity contribution in [3.8, 4) is 5.75 Å². The molecule has 1 N–H and O–H groups in total. The third kappa shape index (κ3) is 3.46. The minimum absolute atomic E-state index is 0.121. The van der Waals surface area contributed by atoms with E-state index in [-0.39, 0.29) is 17.4 Å². The molecule has 0 unspecified atom stereocenters. The van der Waals surface area contributed by atoms with Crippen molar-refractivity contribution in [1.82, 2.24) is 15.4 Å². The normalized spacial score (nSPS) is 13.5. The molecule has 3 rings (SSSR count). The number of thioether (sulfide) groups is 2. The van der Waals surface area contributed by atoms with Gasteiger partial charge in [0.2, 0.25) is 0 Å². The Hall–Kier alpha value is -2.26. The lowest BCUT2D eigenvalue weighted by Crippen LogP contribution is -2.23. The molecule has 9 heteroatoms. The lowest BCUT2D eigenvalue weighted by molar-refractivity contribution is -0.146. The number of aromatic nitrogens is 3. The topological polar surface area (TPSA) is 94.2 Å². The molecule has 0 bridgehead atoms. The van der Waals surface area contributed by atoms with Gasteiger partial charge < -0.3 is 9.47 Å². The Morgan fingerprint density at radius 2 is 1.92 bits per heavy atom. The smallest absolute Gasteiger partial charge is 0.352 e. The molecular weight excluding hydrogens is 350 g/mol. The minimum atomic E-state index is -0.783. The summed E-state index contributed by atoms with van der Waals surface area (Å²) in [5.41, 5.74) is 0.923. The first kappa shape index (κ1) is 16.6. The Labute approximate surface area is 145 Å². The number of hydrogen-bond acceptors (Lipinski definition) is 8. The summed E-state index contributed by atoms with van der Waals surface area (Å²) < 4.78 is 11.1. The molecule has 1 aromatic carbocycles. The van der Waals surface area contributed by atoms with E-state index in [0.717, 1.165) is 0 Å². The molecule has 124 valence electrons. The quantitative estimate of drug-likeness (QED) is 0.291. The molecule has 1 aromatic heterocycles. The van der Waals surface area contributed by atoms with Gasteiger partial charge >= 0.3 is 11.9 Å². The van der Waals surface area contributed by atoms with Gasteiger partial charge in [0, 0.05) is 0 Å². The Morgan fingerprint density at radius 1 is 1.17 bits per heavy atom. The number of carbonyl (C=O) groups excluding carboxylic acids is 2. The van der Waals surface area contributed by atoms with Gasteiger partial charge in [-0.25, -0.2) is 9.59 Å². The monoisotopic (exact) mass is 363 g/mol. The van der Waals surface area contributed by atoms with Crippen LogP contribution in [0.5, 0.6) is 5.75 Å². The van der Waals surface area contributed by atoms with Gasteiger partial charge in [-0.1, -0.05) is 34.8 Å². The van der Waals surface area contributed by atoms with Crippen LogP contribution in [0.4, 0.5) is 0 Å². The maximum Gasteiger partial charge on any atom is 0.352 e. The van der Waals surface area contributed by atoms with Crippen molar-refractivity contribution >= 4 is 46.5 Å². The predicted octanol–water partition coefficient (Wildman–Crippen LogP) is 2.98. The first-order valence-corrected chi connectivity index (χ1v) is 8.77. The van der Waals surface area contributed by atoms with E-state index in [2.05, 4.69) is 15.4 Å². The summed E-state index contributed by atoms with van der Waals surface area (Å²) in [5, 5.41) is 13.8. The maximum absolute atomic E-state index is 12.6. The van der Waals surface area contributed by atoms with Gasteiger partial charge in [0.1, 0.15) is 0 Å². The van der Waals surface area contributed by atoms with Crippen molar-refractivity contribution in [2.45, 2.75) is 20.0 Å². The van der Waals surface area contributed by atoms with E-state index in [4.69, 9.17) is 9.47 Å². The minimum Gasteiger partial charge on any atom is -0.459 e. The van der Waals surface area contributed by atoms with Crippen LogP contribution in [0.3, 0.4) is 0 Å². The SMILES string of the molecule is CC(C)OC(=O)C(C(=O)Oc1cccc2[nH]nnc12)=C1SC=CS1. The fourth-order valence-corrected chi connectivity index (χ4v) is 3.74. The molecule has 7 nitrogen and oxygen atoms in total.